The van der Waals surface area contributed by atoms with E-state index >= 15 is 0 Å². The second-order valence-corrected chi connectivity index (χ2v) is 3.53. The standard InChI is InChI=1S/C18H22O/c1-5-9-13-17(14-10-6-2)19-18(15-11-7-3)16-12-8-4/h5,7,9,11,13,15H,6,8H2,1-4H3/b9-5+,11-7+,17-13+,18-15+. The summed E-state index contributed by atoms with van der Waals surface area (Å²) >= 11 is 0. The van der Waals surface area contributed by atoms with Gasteiger partial charge in [0.2, 0.25) is 0 Å². The molecule has 0 aromatic rings. The lowest BCUT2D eigenvalue weighted by molar-refractivity contribution is 0.345. The van der Waals surface area contributed by atoms with E-state index in [2.05, 4.69) is 23.7 Å². The summed E-state index contributed by atoms with van der Waals surface area (Å²) < 4.78 is 5.73. The fraction of sp³-hybridized carbons (Fsp3) is 0.333. The van der Waals surface area contributed by atoms with Gasteiger partial charge >= 0.3 is 0 Å². The van der Waals surface area contributed by atoms with Crippen molar-refractivity contribution < 1.29 is 4.74 Å². The largest absolute Gasteiger partial charge is 0.439 e. The molecule has 0 aliphatic heterocycles. The third-order valence-electron chi connectivity index (χ3n) is 1.88. The third-order valence-corrected chi connectivity index (χ3v) is 1.88. The van der Waals surface area contributed by atoms with E-state index in [4.69, 9.17) is 4.74 Å². The van der Waals surface area contributed by atoms with Crippen LogP contribution in [0.15, 0.2) is 48.0 Å². The quantitative estimate of drug-likeness (QED) is 0.399. The van der Waals surface area contributed by atoms with Gasteiger partial charge < -0.3 is 4.74 Å². The fourth-order valence-electron chi connectivity index (χ4n) is 1.04. The molecule has 0 atom stereocenters. The molecular formula is C18H22O. The highest BCUT2D eigenvalue weighted by atomic mass is 16.5. The molecule has 0 radical (unpaired) electrons. The Balaban J connectivity index is 5.13. The van der Waals surface area contributed by atoms with E-state index in [9.17, 15) is 0 Å². The number of rotatable bonds is 4. The van der Waals surface area contributed by atoms with Crippen LogP contribution in [0.25, 0.3) is 0 Å². The smallest absolute Gasteiger partial charge is 0.178 e. The highest BCUT2D eigenvalue weighted by Crippen LogP contribution is 2.06. The molecule has 0 rings (SSSR count). The number of hydrogen-bond donors (Lipinski definition) is 0. The maximum Gasteiger partial charge on any atom is 0.178 e. The van der Waals surface area contributed by atoms with Crippen molar-refractivity contribution in [2.24, 2.45) is 0 Å². The van der Waals surface area contributed by atoms with Crippen molar-refractivity contribution in [1.82, 2.24) is 0 Å². The van der Waals surface area contributed by atoms with Crippen LogP contribution in [-0.4, -0.2) is 0 Å². The summed E-state index contributed by atoms with van der Waals surface area (Å²) in [5.41, 5.74) is 0. The van der Waals surface area contributed by atoms with Crippen LogP contribution in [0.1, 0.15) is 40.5 Å². The van der Waals surface area contributed by atoms with Gasteiger partial charge in [-0.1, -0.05) is 50.0 Å². The maximum atomic E-state index is 5.73. The zero-order valence-corrected chi connectivity index (χ0v) is 12.3. The molecule has 0 bridgehead atoms. The van der Waals surface area contributed by atoms with E-state index in [-0.39, 0.29) is 0 Å². The minimum atomic E-state index is 0.612. The van der Waals surface area contributed by atoms with Gasteiger partial charge in [0.05, 0.1) is 0 Å². The summed E-state index contributed by atoms with van der Waals surface area (Å²) in [7, 11) is 0. The lowest BCUT2D eigenvalue weighted by atomic mass is 10.3. The summed E-state index contributed by atoms with van der Waals surface area (Å²) in [5, 5.41) is 0. The van der Waals surface area contributed by atoms with E-state index in [0.717, 1.165) is 12.8 Å². The zero-order chi connectivity index (χ0) is 14.3. The third kappa shape index (κ3) is 9.57. The average molecular weight is 254 g/mol. The van der Waals surface area contributed by atoms with Crippen molar-refractivity contribution in [3.05, 3.63) is 48.0 Å². The first-order chi connectivity index (χ1) is 9.28. The molecule has 0 spiro atoms. The summed E-state index contributed by atoms with van der Waals surface area (Å²) in [6.45, 7) is 7.92. The van der Waals surface area contributed by atoms with Gasteiger partial charge in [0.1, 0.15) is 0 Å². The predicted molar refractivity (Wildman–Crippen MR) is 83.0 cm³/mol. The molecule has 1 nitrogen and oxygen atoms in total. The van der Waals surface area contributed by atoms with Gasteiger partial charge in [-0.25, -0.2) is 0 Å². The van der Waals surface area contributed by atoms with Crippen molar-refractivity contribution in [3.63, 3.8) is 0 Å². The molecule has 0 aliphatic carbocycles. The molecule has 0 aliphatic rings. The molecule has 1 heteroatoms. The first-order valence-corrected chi connectivity index (χ1v) is 6.59. The van der Waals surface area contributed by atoms with Gasteiger partial charge in [-0.15, -0.1) is 0 Å². The van der Waals surface area contributed by atoms with Crippen LogP contribution in [-0.2, 0) is 4.74 Å². The van der Waals surface area contributed by atoms with Crippen molar-refractivity contribution in [2.45, 2.75) is 40.5 Å². The molecule has 19 heavy (non-hydrogen) atoms. The van der Waals surface area contributed by atoms with Crippen molar-refractivity contribution in [1.29, 1.82) is 0 Å². The Morgan fingerprint density at radius 1 is 0.842 bits per heavy atom. The molecule has 0 aromatic carbocycles. The second kappa shape index (κ2) is 12.3. The SMILES string of the molecule is C/C=C/C=C(\C#CCC)O/C(C#CCC)=C/C=C/C. The number of hydrogen-bond acceptors (Lipinski definition) is 1. The molecule has 0 heterocycles. The molecule has 0 unspecified atom stereocenters. The fourth-order valence-corrected chi connectivity index (χ4v) is 1.04. The van der Waals surface area contributed by atoms with Crippen molar-refractivity contribution in [2.75, 3.05) is 0 Å². The van der Waals surface area contributed by atoms with Crippen LogP contribution in [0.3, 0.4) is 0 Å². The van der Waals surface area contributed by atoms with Gasteiger partial charge in [0.15, 0.2) is 11.5 Å². The first kappa shape index (κ1) is 16.9. The van der Waals surface area contributed by atoms with E-state index in [1.807, 2.05) is 64.2 Å². The lowest BCUT2D eigenvalue weighted by Gasteiger charge is -2.02. The zero-order valence-electron chi connectivity index (χ0n) is 12.3. The topological polar surface area (TPSA) is 9.23 Å². The van der Waals surface area contributed by atoms with Gasteiger partial charge in [-0.3, -0.25) is 0 Å². The molecule has 0 saturated heterocycles. The van der Waals surface area contributed by atoms with E-state index in [1.165, 1.54) is 0 Å². The monoisotopic (exact) mass is 254 g/mol. The van der Waals surface area contributed by atoms with Gasteiger partial charge in [-0.05, 0) is 37.8 Å². The summed E-state index contributed by atoms with van der Waals surface area (Å²) in [6.07, 6.45) is 13.0. The van der Waals surface area contributed by atoms with Crippen LogP contribution in [0.4, 0.5) is 0 Å². The molecular weight excluding hydrogens is 232 g/mol. The second-order valence-electron chi connectivity index (χ2n) is 3.53. The van der Waals surface area contributed by atoms with Crippen LogP contribution in [0, 0.1) is 23.7 Å². The lowest BCUT2D eigenvalue weighted by Crippen LogP contribution is -1.89. The average Bonchev–Trinajstić information content (AvgIpc) is 2.44. The van der Waals surface area contributed by atoms with E-state index in [0.29, 0.717) is 11.5 Å². The van der Waals surface area contributed by atoms with E-state index < -0.39 is 0 Å². The number of ether oxygens (including phenoxy) is 1. The predicted octanol–water partition coefficient (Wildman–Crippen LogP) is 4.75. The van der Waals surface area contributed by atoms with Crippen molar-refractivity contribution >= 4 is 0 Å². The highest BCUT2D eigenvalue weighted by molar-refractivity contribution is 5.33. The Morgan fingerprint density at radius 3 is 1.58 bits per heavy atom. The maximum absolute atomic E-state index is 5.73. The number of allylic oxidation sites excluding steroid dienone is 8. The van der Waals surface area contributed by atoms with Crippen molar-refractivity contribution in [3.8, 4) is 23.7 Å². The van der Waals surface area contributed by atoms with Crippen LogP contribution in [0.5, 0.6) is 0 Å². The summed E-state index contributed by atoms with van der Waals surface area (Å²) in [4.78, 5) is 0. The molecule has 0 N–H and O–H groups in total. The highest BCUT2D eigenvalue weighted by Gasteiger charge is 1.96. The summed E-state index contributed by atoms with van der Waals surface area (Å²) in [5.74, 6) is 13.2. The minimum absolute atomic E-state index is 0.612. The Morgan fingerprint density at radius 2 is 1.26 bits per heavy atom. The molecule has 0 amide bonds. The molecule has 100 valence electrons. The Kier molecular flexibility index (Phi) is 11.0. The van der Waals surface area contributed by atoms with Gasteiger partial charge in [0.25, 0.3) is 0 Å². The Labute approximate surface area is 117 Å². The van der Waals surface area contributed by atoms with Crippen LogP contribution >= 0.6 is 0 Å². The van der Waals surface area contributed by atoms with E-state index in [1.54, 1.807) is 0 Å². The molecule has 0 fully saturated rings. The normalized spacial score (nSPS) is 12.0. The minimum Gasteiger partial charge on any atom is -0.439 e. The Hall–Kier alpha value is -2.12. The van der Waals surface area contributed by atoms with Gasteiger partial charge in [0, 0.05) is 12.8 Å². The van der Waals surface area contributed by atoms with Gasteiger partial charge in [-0.2, -0.15) is 0 Å². The Bertz CT molecular complexity index is 433. The van der Waals surface area contributed by atoms with Crippen LogP contribution in [0.2, 0.25) is 0 Å². The first-order valence-electron chi connectivity index (χ1n) is 6.59. The molecule has 0 saturated carbocycles. The van der Waals surface area contributed by atoms with Crippen LogP contribution < -0.4 is 0 Å². The summed E-state index contributed by atoms with van der Waals surface area (Å²) in [6, 6.07) is 0. The molecule has 0 aromatic heterocycles.